The maximum Gasteiger partial charge on any atom is 0 e. The summed E-state index contributed by atoms with van der Waals surface area (Å²) in [4.78, 5) is 0. The van der Waals surface area contributed by atoms with Gasteiger partial charge in [-0.1, -0.05) is 135 Å². The summed E-state index contributed by atoms with van der Waals surface area (Å²) in [6, 6.07) is 44.5. The van der Waals surface area contributed by atoms with E-state index in [9.17, 15) is 0 Å². The van der Waals surface area contributed by atoms with Crippen LogP contribution in [0.15, 0.2) is 121 Å². The van der Waals surface area contributed by atoms with E-state index >= 15 is 0 Å². The van der Waals surface area contributed by atoms with E-state index in [4.69, 9.17) is 0 Å². The summed E-state index contributed by atoms with van der Waals surface area (Å²) >= 11 is 0. The molecule has 0 aliphatic heterocycles. The smallest absolute Gasteiger partial charge is 0 e. The second-order valence-electron chi connectivity index (χ2n) is 7.56. The Balaban J connectivity index is 0.00000272. The predicted octanol–water partition coefficient (Wildman–Crippen LogP) is 6.03. The van der Waals surface area contributed by atoms with Crippen molar-refractivity contribution in [2.24, 2.45) is 0 Å². The molecule has 0 fully saturated rings. The molecule has 0 amide bonds. The first kappa shape index (κ1) is 25.0. The van der Waals surface area contributed by atoms with E-state index in [0.29, 0.717) is 11.3 Å². The molecule has 0 saturated heterocycles. The van der Waals surface area contributed by atoms with E-state index in [1.807, 2.05) is 0 Å². The quantitative estimate of drug-likeness (QED) is 0.235. The summed E-state index contributed by atoms with van der Waals surface area (Å²) < 4.78 is 0. The molecule has 0 aromatic heterocycles. The molecule has 0 saturated carbocycles. The van der Waals surface area contributed by atoms with Gasteiger partial charge in [-0.05, 0) is 48.4 Å². The molecule has 3 heteroatoms. The predicted molar refractivity (Wildman–Crippen MR) is 137 cm³/mol. The average molecular weight is 578 g/mol. The number of rotatable bonds is 7. The molecule has 157 valence electrons. The average Bonchev–Trinajstić information content (AvgIpc) is 2.82. The largest absolute Gasteiger partial charge is 0.0622 e. The zero-order valence-corrected chi connectivity index (χ0v) is 22.2. The van der Waals surface area contributed by atoms with Gasteiger partial charge in [-0.25, -0.2) is 0 Å². The Hall–Kier alpha value is -0.676. The van der Waals surface area contributed by atoms with Crippen LogP contribution in [0.25, 0.3) is 0 Å². The molecule has 4 rings (SSSR count). The van der Waals surface area contributed by atoms with Crippen LogP contribution >= 0.6 is 15.8 Å². The first-order valence-corrected chi connectivity index (χ1v) is 13.4. The van der Waals surface area contributed by atoms with E-state index in [1.165, 1.54) is 21.2 Å². The van der Waals surface area contributed by atoms with Gasteiger partial charge in [-0.15, -0.1) is 0 Å². The molecular formula is C28H28EuP2. The zero-order chi connectivity index (χ0) is 20.8. The first-order valence-electron chi connectivity index (χ1n) is 10.5. The zero-order valence-electron chi connectivity index (χ0n) is 18.0. The van der Waals surface area contributed by atoms with E-state index in [-0.39, 0.29) is 49.4 Å². The standard InChI is InChI=1S/C28H28P2.Eu/c1-23(29(25-15-7-3-8-16-25)26-17-9-4-10-18-26)24(2)30(27-19-11-5-12-20-27)28-21-13-6-14-22-28;/h3-24H,1-2H3;. The Morgan fingerprint density at radius 1 is 0.387 bits per heavy atom. The molecule has 0 nitrogen and oxygen atoms in total. The van der Waals surface area contributed by atoms with Gasteiger partial charge in [-0.3, -0.25) is 0 Å². The SMILES string of the molecule is CC(C(C)P(c1ccccc1)c1ccccc1)P(c1ccccc1)c1ccccc1.[Eu]. The van der Waals surface area contributed by atoms with Gasteiger partial charge in [-0.2, -0.15) is 0 Å². The second-order valence-corrected chi connectivity index (χ2v) is 12.7. The molecule has 0 aliphatic rings. The van der Waals surface area contributed by atoms with Crippen LogP contribution in [0.4, 0.5) is 0 Å². The van der Waals surface area contributed by atoms with Crippen LogP contribution in [0, 0.1) is 49.4 Å². The van der Waals surface area contributed by atoms with Gasteiger partial charge in [0.25, 0.3) is 0 Å². The molecule has 0 aliphatic carbocycles. The maximum atomic E-state index is 2.47. The van der Waals surface area contributed by atoms with Crippen molar-refractivity contribution in [3.63, 3.8) is 0 Å². The third kappa shape index (κ3) is 6.22. The number of hydrogen-bond acceptors (Lipinski definition) is 0. The summed E-state index contributed by atoms with van der Waals surface area (Å²) in [5.41, 5.74) is 1.10. The Morgan fingerprint density at radius 3 is 0.774 bits per heavy atom. The summed E-state index contributed by atoms with van der Waals surface area (Å²) in [5.74, 6) is 0. The van der Waals surface area contributed by atoms with Gasteiger partial charge in [0.05, 0.1) is 0 Å². The van der Waals surface area contributed by atoms with Crippen molar-refractivity contribution in [2.45, 2.75) is 25.2 Å². The molecular weight excluding hydrogens is 550 g/mol. The van der Waals surface area contributed by atoms with Gasteiger partial charge in [0, 0.05) is 49.4 Å². The third-order valence-electron chi connectivity index (χ3n) is 5.65. The van der Waals surface area contributed by atoms with Gasteiger partial charge in [0.1, 0.15) is 0 Å². The monoisotopic (exact) mass is 579 g/mol. The van der Waals surface area contributed by atoms with Crippen LogP contribution in [0.3, 0.4) is 0 Å². The molecule has 4 aromatic carbocycles. The van der Waals surface area contributed by atoms with Crippen molar-refractivity contribution in [1.82, 2.24) is 0 Å². The van der Waals surface area contributed by atoms with Crippen LogP contribution in [-0.4, -0.2) is 11.3 Å². The molecule has 31 heavy (non-hydrogen) atoms. The Morgan fingerprint density at radius 2 is 0.581 bits per heavy atom. The third-order valence-corrected chi connectivity index (χ3v) is 11.8. The van der Waals surface area contributed by atoms with Crippen LogP contribution in [0.1, 0.15) is 13.8 Å². The van der Waals surface area contributed by atoms with Crippen LogP contribution in [-0.2, 0) is 0 Å². The fourth-order valence-electron chi connectivity index (χ4n) is 4.02. The summed E-state index contributed by atoms with van der Waals surface area (Å²) in [6.07, 6.45) is 0. The Kier molecular flexibility index (Phi) is 10.1. The molecule has 0 heterocycles. The van der Waals surface area contributed by atoms with Crippen molar-refractivity contribution in [3.8, 4) is 0 Å². The normalized spacial score (nSPS) is 12.9. The molecule has 4 aromatic rings. The fraction of sp³-hybridized carbons (Fsp3) is 0.143. The summed E-state index contributed by atoms with van der Waals surface area (Å²) in [6.45, 7) is 4.94. The second kappa shape index (κ2) is 12.5. The Bertz CT molecular complexity index is 858. The minimum absolute atomic E-state index is 0. The Labute approximate surface area is 230 Å². The summed E-state index contributed by atoms with van der Waals surface area (Å²) in [7, 11) is -0.897. The van der Waals surface area contributed by atoms with Crippen molar-refractivity contribution in [2.75, 3.05) is 0 Å². The van der Waals surface area contributed by atoms with E-state index in [0.717, 1.165) is 0 Å². The van der Waals surface area contributed by atoms with Gasteiger partial charge < -0.3 is 0 Å². The molecule has 2 unspecified atom stereocenters. The van der Waals surface area contributed by atoms with Gasteiger partial charge in [0.2, 0.25) is 0 Å². The van der Waals surface area contributed by atoms with E-state index < -0.39 is 15.8 Å². The van der Waals surface area contributed by atoms with E-state index in [2.05, 4.69) is 135 Å². The molecule has 0 bridgehead atoms. The van der Waals surface area contributed by atoms with Crippen molar-refractivity contribution in [1.29, 1.82) is 0 Å². The maximum absolute atomic E-state index is 2.47. The summed E-state index contributed by atoms with van der Waals surface area (Å²) in [5, 5.41) is 5.87. The van der Waals surface area contributed by atoms with Crippen LogP contribution in [0.5, 0.6) is 0 Å². The number of benzene rings is 4. The van der Waals surface area contributed by atoms with Gasteiger partial charge >= 0.3 is 0 Å². The fourth-order valence-corrected chi connectivity index (χ4v) is 10.1. The van der Waals surface area contributed by atoms with E-state index in [1.54, 1.807) is 0 Å². The van der Waals surface area contributed by atoms with Crippen LogP contribution in [0.2, 0.25) is 0 Å². The minimum Gasteiger partial charge on any atom is -0.0622 e. The molecule has 2 atom stereocenters. The van der Waals surface area contributed by atoms with Crippen molar-refractivity contribution < 1.29 is 49.4 Å². The van der Waals surface area contributed by atoms with Crippen molar-refractivity contribution in [3.05, 3.63) is 121 Å². The van der Waals surface area contributed by atoms with Gasteiger partial charge in [0.15, 0.2) is 0 Å². The topological polar surface area (TPSA) is 0 Å². The van der Waals surface area contributed by atoms with Crippen LogP contribution < -0.4 is 21.2 Å². The molecule has 1 radical (unpaired) electrons. The molecule has 0 spiro atoms. The first-order chi connectivity index (χ1) is 14.8. The minimum atomic E-state index is -0.448. The number of hydrogen-bond donors (Lipinski definition) is 0. The molecule has 0 N–H and O–H groups in total. The van der Waals surface area contributed by atoms with Crippen molar-refractivity contribution >= 4 is 37.1 Å².